The van der Waals surface area contributed by atoms with E-state index in [1.807, 2.05) is 6.92 Å². The van der Waals surface area contributed by atoms with E-state index < -0.39 is 16.1 Å². The molecule has 330 valence electrons. The van der Waals surface area contributed by atoms with Gasteiger partial charge >= 0.3 is 6.09 Å². The van der Waals surface area contributed by atoms with Crippen LogP contribution in [0.1, 0.15) is 155 Å². The first-order valence-corrected chi connectivity index (χ1v) is 23.2. The van der Waals surface area contributed by atoms with Crippen LogP contribution in [0.4, 0.5) is 4.79 Å². The highest BCUT2D eigenvalue weighted by Gasteiger charge is 2.29. The summed E-state index contributed by atoms with van der Waals surface area (Å²) in [5.74, 6) is 1.85. The molecule has 5 aromatic carbocycles. The molecule has 6 rings (SSSR count). The van der Waals surface area contributed by atoms with E-state index in [2.05, 4.69) is 142 Å². The van der Waals surface area contributed by atoms with Crippen molar-refractivity contribution in [2.75, 3.05) is 14.2 Å². The van der Waals surface area contributed by atoms with Gasteiger partial charge in [0.1, 0.15) is 17.2 Å². The number of carbonyl (C=O) groups excluding carboxylic acids is 1. The van der Waals surface area contributed by atoms with Gasteiger partial charge in [0.15, 0.2) is 0 Å². The molecule has 0 saturated carbocycles. The molecule has 0 saturated heterocycles. The Kier molecular flexibility index (Phi) is 12.6. The molecule has 0 aliphatic heterocycles. The van der Waals surface area contributed by atoms with E-state index in [-0.39, 0.29) is 26.6 Å². The topological polar surface area (TPSA) is 90.9 Å². The number of benzene rings is 5. The molecule has 1 aliphatic carbocycles. The van der Waals surface area contributed by atoms with Crippen LogP contribution in [0.5, 0.6) is 17.2 Å². The summed E-state index contributed by atoms with van der Waals surface area (Å²) in [6.45, 7) is 28.4. The highest BCUT2D eigenvalue weighted by molar-refractivity contribution is 7.90. The van der Waals surface area contributed by atoms with Crippen LogP contribution < -0.4 is 18.9 Å². The molecule has 1 aliphatic rings. The Morgan fingerprint density at radius 1 is 0.484 bits per heavy atom. The average molecular weight is 858 g/mol. The molecular formula is C54H67NO6S. The molecule has 1 N–H and O–H groups in total. The maximum absolute atomic E-state index is 14.1. The predicted octanol–water partition coefficient (Wildman–Crippen LogP) is 12.4. The van der Waals surface area contributed by atoms with Crippen molar-refractivity contribution in [1.82, 2.24) is 4.72 Å². The number of amides is 1. The van der Waals surface area contributed by atoms with Gasteiger partial charge in [0.05, 0.1) is 19.1 Å². The smallest absolute Gasteiger partial charge is 0.426 e. The highest BCUT2D eigenvalue weighted by Crippen LogP contribution is 2.42. The number of nitrogens with one attached hydrogen (secondary N) is 1. The summed E-state index contributed by atoms with van der Waals surface area (Å²) < 4.78 is 48.4. The third-order valence-corrected chi connectivity index (χ3v) is 13.3. The van der Waals surface area contributed by atoms with Crippen molar-refractivity contribution >= 4 is 16.1 Å². The zero-order valence-electron chi connectivity index (χ0n) is 39.7. The minimum absolute atomic E-state index is 0.0306. The Balaban J connectivity index is 1.69. The van der Waals surface area contributed by atoms with E-state index in [9.17, 15) is 13.2 Å². The van der Waals surface area contributed by atoms with Gasteiger partial charge < -0.3 is 14.2 Å². The highest BCUT2D eigenvalue weighted by atomic mass is 32.2. The van der Waals surface area contributed by atoms with Gasteiger partial charge in [0.2, 0.25) is 0 Å². The van der Waals surface area contributed by atoms with Gasteiger partial charge in [-0.3, -0.25) is 0 Å². The molecule has 0 fully saturated rings. The molecule has 0 spiro atoms. The van der Waals surface area contributed by atoms with Gasteiger partial charge in [-0.15, -0.1) is 0 Å². The zero-order valence-corrected chi connectivity index (χ0v) is 40.5. The van der Waals surface area contributed by atoms with E-state index in [1.54, 1.807) is 26.4 Å². The van der Waals surface area contributed by atoms with Crippen molar-refractivity contribution in [2.24, 2.45) is 0 Å². The Hall–Kier alpha value is -5.08. The van der Waals surface area contributed by atoms with Crippen molar-refractivity contribution < 1.29 is 27.4 Å². The molecule has 0 heterocycles. The summed E-state index contributed by atoms with van der Waals surface area (Å²) in [4.78, 5) is 14.0. The number of carbonyl (C=O) groups is 1. The second-order valence-electron chi connectivity index (χ2n) is 21.3. The standard InChI is InChI=1S/C54H67NO6S/c1-33-16-18-46(19-17-33)62(57,58)55-50(56)61-49-40-25-38-29-43(52(5,6)7)27-36(47(38)59-14)21-34-20-35(24-42(23-34)51(2,3)4)22-37-28-44(53(8,9)10)30-39(48(37)60-15)26-41(49)32-45(31-40)54(11,12)13/h16-20,23-24,27-32H,21-22,25-26H2,1-15H3,(H,55,56). The first kappa shape index (κ1) is 46.4. The summed E-state index contributed by atoms with van der Waals surface area (Å²) in [7, 11) is -0.812. The Morgan fingerprint density at radius 3 is 1.15 bits per heavy atom. The van der Waals surface area contributed by atoms with Gasteiger partial charge in [-0.25, -0.2) is 17.9 Å². The lowest BCUT2D eigenvalue weighted by molar-refractivity contribution is 0.206. The number of aryl methyl sites for hydroxylation is 1. The van der Waals surface area contributed by atoms with Gasteiger partial charge in [-0.05, 0) is 96.4 Å². The average Bonchev–Trinajstić information content (AvgIpc) is 3.14. The zero-order chi connectivity index (χ0) is 45.7. The van der Waals surface area contributed by atoms with Crippen LogP contribution in [0.15, 0.2) is 83.8 Å². The number of methoxy groups -OCH3 is 2. The molecule has 5 aromatic rings. The Morgan fingerprint density at radius 2 is 0.806 bits per heavy atom. The molecule has 0 unspecified atom stereocenters. The summed E-state index contributed by atoms with van der Waals surface area (Å²) >= 11 is 0. The fourth-order valence-electron chi connectivity index (χ4n) is 8.26. The lowest BCUT2D eigenvalue weighted by Gasteiger charge is -2.28. The van der Waals surface area contributed by atoms with Gasteiger partial charge in [-0.2, -0.15) is 0 Å². The molecule has 1 amide bonds. The third kappa shape index (κ3) is 10.4. The lowest BCUT2D eigenvalue weighted by Crippen LogP contribution is -2.33. The molecule has 0 radical (unpaired) electrons. The van der Waals surface area contributed by atoms with Gasteiger partial charge in [-0.1, -0.05) is 155 Å². The Bertz CT molecular complexity index is 2490. The first-order chi connectivity index (χ1) is 28.7. The maximum Gasteiger partial charge on any atom is 0.426 e. The summed E-state index contributed by atoms with van der Waals surface area (Å²) in [6, 6.07) is 26.5. The molecule has 0 aromatic heterocycles. The number of fused-ring (bicyclic) bond motifs is 8. The number of ether oxygens (including phenoxy) is 3. The summed E-state index contributed by atoms with van der Waals surface area (Å²) in [5, 5.41) is 0. The van der Waals surface area contributed by atoms with Crippen LogP contribution in [0.2, 0.25) is 0 Å². The largest absolute Gasteiger partial charge is 0.496 e. The number of sulfonamides is 1. The first-order valence-electron chi connectivity index (χ1n) is 21.7. The summed E-state index contributed by atoms with van der Waals surface area (Å²) in [5.41, 5.74) is 12.6. The molecular weight excluding hydrogens is 791 g/mol. The van der Waals surface area contributed by atoms with Crippen molar-refractivity contribution in [1.29, 1.82) is 0 Å². The quantitative estimate of drug-likeness (QED) is 0.186. The summed E-state index contributed by atoms with van der Waals surface area (Å²) in [6.07, 6.45) is 0.880. The molecule has 0 atom stereocenters. The van der Waals surface area contributed by atoms with E-state index >= 15 is 0 Å². The van der Waals surface area contributed by atoms with Crippen LogP contribution >= 0.6 is 0 Å². The van der Waals surface area contributed by atoms with Crippen molar-refractivity contribution in [2.45, 2.75) is 142 Å². The van der Waals surface area contributed by atoms with Crippen LogP contribution in [0.3, 0.4) is 0 Å². The van der Waals surface area contributed by atoms with Crippen molar-refractivity contribution in [3.05, 3.63) is 151 Å². The fourth-order valence-corrected chi connectivity index (χ4v) is 9.13. The number of hydrogen-bond donors (Lipinski definition) is 1. The minimum Gasteiger partial charge on any atom is -0.496 e. The van der Waals surface area contributed by atoms with E-state index in [0.29, 0.717) is 31.4 Å². The number of hydrogen-bond acceptors (Lipinski definition) is 6. The second kappa shape index (κ2) is 16.9. The van der Waals surface area contributed by atoms with Crippen LogP contribution in [0.25, 0.3) is 0 Å². The monoisotopic (exact) mass is 857 g/mol. The molecule has 62 heavy (non-hydrogen) atoms. The minimum atomic E-state index is -4.25. The van der Waals surface area contributed by atoms with Gasteiger partial charge in [0, 0.05) is 36.8 Å². The van der Waals surface area contributed by atoms with E-state index in [0.717, 1.165) is 67.1 Å². The van der Waals surface area contributed by atoms with E-state index in [1.165, 1.54) is 28.8 Å². The van der Waals surface area contributed by atoms with Crippen molar-refractivity contribution in [3.8, 4) is 17.2 Å². The van der Waals surface area contributed by atoms with Crippen molar-refractivity contribution in [3.63, 3.8) is 0 Å². The molecule has 7 nitrogen and oxygen atoms in total. The van der Waals surface area contributed by atoms with Crippen LogP contribution in [-0.2, 0) is 57.4 Å². The maximum atomic E-state index is 14.1. The fraction of sp³-hybridized carbons (Fsp3) is 0.426. The molecule has 8 heteroatoms. The SMILES string of the molecule is COc1c2cc(C(C)(C)C)cc1Cc1cc(C(C)(C)C)cc(c1OC(=O)NS(=O)(=O)c1ccc(C)cc1)Cc1cc(C(C)(C)C)cc(c1OC)Cc1cc(cc(C(C)(C)C)c1)C2. The Labute approximate surface area is 371 Å². The van der Waals surface area contributed by atoms with Crippen LogP contribution in [-0.4, -0.2) is 28.7 Å². The van der Waals surface area contributed by atoms with Crippen LogP contribution in [0, 0.1) is 6.92 Å². The van der Waals surface area contributed by atoms with Gasteiger partial charge in [0.25, 0.3) is 10.0 Å². The normalized spacial score (nSPS) is 13.7. The predicted molar refractivity (Wildman–Crippen MR) is 252 cm³/mol. The third-order valence-electron chi connectivity index (χ3n) is 11.9. The second-order valence-corrected chi connectivity index (χ2v) is 23.0. The van der Waals surface area contributed by atoms with E-state index in [4.69, 9.17) is 14.2 Å². The number of rotatable bonds is 5. The lowest BCUT2D eigenvalue weighted by atomic mass is 9.79. The molecule has 8 bridgehead atoms.